The molecule has 2 aliphatic rings. The molecular weight excluding hydrogens is 116 g/mol. The van der Waals surface area contributed by atoms with E-state index in [0.29, 0.717) is 0 Å². The topological polar surface area (TPSA) is 30.9 Å². The van der Waals surface area contributed by atoms with Gasteiger partial charge in [-0.3, -0.25) is 5.43 Å². The highest BCUT2D eigenvalue weighted by Gasteiger charge is 2.09. The first kappa shape index (κ1) is 4.43. The zero-order chi connectivity index (χ0) is 6.10. The molecule has 0 fully saturated rings. The first-order valence-corrected chi connectivity index (χ1v) is 2.67. The highest BCUT2D eigenvalue weighted by molar-refractivity contribution is 5.58. The van der Waals surface area contributed by atoms with Crippen LogP contribution in [0.4, 0.5) is 0 Å². The van der Waals surface area contributed by atoms with E-state index < -0.39 is 0 Å². The molecule has 0 aromatic carbocycles. The SMILES string of the molecule is C1=CN2NC=CN2C=N1. The molecule has 0 aromatic rings. The van der Waals surface area contributed by atoms with Gasteiger partial charge in [0, 0.05) is 18.6 Å². The lowest BCUT2D eigenvalue weighted by atomic mass is 10.8. The molecule has 2 heterocycles. The van der Waals surface area contributed by atoms with Gasteiger partial charge < -0.3 is 0 Å². The van der Waals surface area contributed by atoms with Crippen molar-refractivity contribution >= 4 is 6.34 Å². The third-order valence-corrected chi connectivity index (χ3v) is 1.16. The maximum atomic E-state index is 3.91. The molecule has 0 spiro atoms. The van der Waals surface area contributed by atoms with Crippen molar-refractivity contribution in [1.29, 1.82) is 0 Å². The second kappa shape index (κ2) is 1.51. The van der Waals surface area contributed by atoms with Crippen LogP contribution in [-0.4, -0.2) is 16.5 Å². The van der Waals surface area contributed by atoms with Gasteiger partial charge in [0.2, 0.25) is 0 Å². The van der Waals surface area contributed by atoms with Crippen LogP contribution in [0.1, 0.15) is 0 Å². The highest BCUT2D eigenvalue weighted by Crippen LogP contribution is 2.03. The quantitative estimate of drug-likeness (QED) is 0.491. The number of hydrogen-bond acceptors (Lipinski definition) is 4. The normalized spacial score (nSPS) is 20.4. The summed E-state index contributed by atoms with van der Waals surface area (Å²) in [7, 11) is 0. The summed E-state index contributed by atoms with van der Waals surface area (Å²) in [6.07, 6.45) is 8.99. The summed E-state index contributed by atoms with van der Waals surface area (Å²) in [6, 6.07) is 0. The fourth-order valence-electron chi connectivity index (χ4n) is 0.747. The van der Waals surface area contributed by atoms with Crippen molar-refractivity contribution in [1.82, 2.24) is 15.6 Å². The van der Waals surface area contributed by atoms with Crippen LogP contribution >= 0.6 is 0 Å². The van der Waals surface area contributed by atoms with Crippen molar-refractivity contribution in [2.75, 3.05) is 0 Å². The van der Waals surface area contributed by atoms with Crippen LogP contribution < -0.4 is 5.43 Å². The summed E-state index contributed by atoms with van der Waals surface area (Å²) in [5.74, 6) is 0. The number of nitrogens with zero attached hydrogens (tertiary/aromatic N) is 3. The van der Waals surface area contributed by atoms with E-state index in [1.807, 2.05) is 28.7 Å². The van der Waals surface area contributed by atoms with Crippen molar-refractivity contribution in [2.24, 2.45) is 4.99 Å². The molecule has 4 heteroatoms. The maximum Gasteiger partial charge on any atom is 0.116 e. The Morgan fingerprint density at radius 3 is 3.22 bits per heavy atom. The Labute approximate surface area is 52.7 Å². The van der Waals surface area contributed by atoms with Crippen LogP contribution in [0.5, 0.6) is 0 Å². The third kappa shape index (κ3) is 0.561. The lowest BCUT2D eigenvalue weighted by molar-refractivity contribution is 0.144. The van der Waals surface area contributed by atoms with Gasteiger partial charge in [-0.25, -0.2) is 10.0 Å². The van der Waals surface area contributed by atoms with Gasteiger partial charge >= 0.3 is 0 Å². The van der Waals surface area contributed by atoms with Gasteiger partial charge in [0.05, 0.1) is 6.20 Å². The molecule has 0 saturated carbocycles. The van der Waals surface area contributed by atoms with Gasteiger partial charge in [-0.1, -0.05) is 0 Å². The Kier molecular flexibility index (Phi) is 0.745. The number of aliphatic imine (C=N–C) groups is 1. The van der Waals surface area contributed by atoms with E-state index in [4.69, 9.17) is 0 Å². The molecule has 0 saturated heterocycles. The van der Waals surface area contributed by atoms with Crippen molar-refractivity contribution < 1.29 is 0 Å². The van der Waals surface area contributed by atoms with Crippen molar-refractivity contribution in [3.05, 3.63) is 24.8 Å². The van der Waals surface area contributed by atoms with Crippen LogP contribution in [0.15, 0.2) is 29.8 Å². The van der Waals surface area contributed by atoms with Gasteiger partial charge in [-0.15, -0.1) is 0 Å². The van der Waals surface area contributed by atoms with Crippen LogP contribution in [0.3, 0.4) is 0 Å². The average Bonchev–Trinajstić information content (AvgIpc) is 2.33. The van der Waals surface area contributed by atoms with Crippen LogP contribution in [-0.2, 0) is 0 Å². The van der Waals surface area contributed by atoms with E-state index in [0.717, 1.165) is 0 Å². The highest BCUT2D eigenvalue weighted by atomic mass is 15.8. The molecule has 0 atom stereocenters. The fourth-order valence-corrected chi connectivity index (χ4v) is 0.747. The predicted octanol–water partition coefficient (Wildman–Crippen LogP) is 0.00790. The number of rotatable bonds is 0. The van der Waals surface area contributed by atoms with Crippen LogP contribution in [0.2, 0.25) is 0 Å². The first-order valence-electron chi connectivity index (χ1n) is 2.67. The van der Waals surface area contributed by atoms with E-state index in [1.165, 1.54) is 0 Å². The molecule has 0 aliphatic carbocycles. The molecule has 46 valence electrons. The van der Waals surface area contributed by atoms with E-state index in [-0.39, 0.29) is 0 Å². The van der Waals surface area contributed by atoms with Gasteiger partial charge in [-0.05, 0) is 0 Å². The largest absolute Gasteiger partial charge is 0.285 e. The van der Waals surface area contributed by atoms with Gasteiger partial charge in [0.15, 0.2) is 0 Å². The summed E-state index contributed by atoms with van der Waals surface area (Å²) >= 11 is 0. The predicted molar refractivity (Wildman–Crippen MR) is 33.6 cm³/mol. The Bertz CT molecular complexity index is 193. The summed E-state index contributed by atoms with van der Waals surface area (Å²) < 4.78 is 0. The number of hydrazine groups is 2. The Hall–Kier alpha value is -1.45. The first-order chi connectivity index (χ1) is 4.47. The minimum Gasteiger partial charge on any atom is -0.285 e. The summed E-state index contributed by atoms with van der Waals surface area (Å²) in [4.78, 5) is 3.91. The van der Waals surface area contributed by atoms with Crippen molar-refractivity contribution in [3.63, 3.8) is 0 Å². The lowest BCUT2D eigenvalue weighted by Gasteiger charge is -2.23. The van der Waals surface area contributed by atoms with E-state index in [1.54, 1.807) is 12.5 Å². The van der Waals surface area contributed by atoms with E-state index in [2.05, 4.69) is 10.4 Å². The zero-order valence-electron chi connectivity index (χ0n) is 4.73. The second-order valence-corrected chi connectivity index (χ2v) is 1.73. The number of hydrogen-bond donors (Lipinski definition) is 1. The lowest BCUT2D eigenvalue weighted by Crippen LogP contribution is -2.37. The Morgan fingerprint density at radius 2 is 2.33 bits per heavy atom. The monoisotopic (exact) mass is 122 g/mol. The van der Waals surface area contributed by atoms with Gasteiger partial charge in [0.1, 0.15) is 6.34 Å². The fraction of sp³-hybridized carbons (Fsp3) is 0. The Balaban J connectivity index is 2.25. The summed E-state index contributed by atoms with van der Waals surface area (Å²) in [6.45, 7) is 0. The van der Waals surface area contributed by atoms with Crippen molar-refractivity contribution in [3.8, 4) is 0 Å². The minimum atomic E-state index is 1.72. The molecule has 0 radical (unpaired) electrons. The molecule has 2 rings (SSSR count). The maximum absolute atomic E-state index is 3.91. The molecule has 0 unspecified atom stereocenters. The second-order valence-electron chi connectivity index (χ2n) is 1.73. The summed E-state index contributed by atoms with van der Waals surface area (Å²) in [5.41, 5.74) is 2.96. The van der Waals surface area contributed by atoms with E-state index in [9.17, 15) is 0 Å². The molecule has 9 heavy (non-hydrogen) atoms. The standard InChI is InChI=1S/C5H6N4/c1-4-9-7-2-3-8(9)5-6-1/h1-5,7H. The molecule has 2 aliphatic heterocycles. The van der Waals surface area contributed by atoms with Gasteiger partial charge in [-0.2, -0.15) is 5.12 Å². The molecular formula is C5H6N4. The van der Waals surface area contributed by atoms with Crippen LogP contribution in [0, 0.1) is 0 Å². The minimum absolute atomic E-state index is 1.72. The average molecular weight is 122 g/mol. The molecule has 4 nitrogen and oxygen atoms in total. The zero-order valence-corrected chi connectivity index (χ0v) is 4.73. The smallest absolute Gasteiger partial charge is 0.116 e. The third-order valence-electron chi connectivity index (χ3n) is 1.16. The van der Waals surface area contributed by atoms with Crippen molar-refractivity contribution in [2.45, 2.75) is 0 Å². The molecule has 0 bridgehead atoms. The number of nitrogens with one attached hydrogen (secondary N) is 1. The van der Waals surface area contributed by atoms with Gasteiger partial charge in [0.25, 0.3) is 0 Å². The molecule has 0 amide bonds. The molecule has 0 aromatic heterocycles. The molecule has 1 N–H and O–H groups in total. The Morgan fingerprint density at radius 1 is 1.33 bits per heavy atom. The van der Waals surface area contributed by atoms with Crippen LogP contribution in [0.25, 0.3) is 0 Å². The van der Waals surface area contributed by atoms with E-state index >= 15 is 0 Å². The number of fused-ring (bicyclic) bond motifs is 1. The summed E-state index contributed by atoms with van der Waals surface area (Å²) in [5, 5.41) is 3.65.